The number of hydrogen-bond acceptors (Lipinski definition) is 2. The van der Waals surface area contributed by atoms with Gasteiger partial charge >= 0.3 is 0 Å². The summed E-state index contributed by atoms with van der Waals surface area (Å²) in [5.41, 5.74) is 1.09. The molecule has 0 atom stereocenters. The van der Waals surface area contributed by atoms with Crippen LogP contribution >= 0.6 is 0 Å². The van der Waals surface area contributed by atoms with Crippen LogP contribution in [0.5, 0.6) is 0 Å². The van der Waals surface area contributed by atoms with E-state index in [0.717, 1.165) is 24.8 Å². The molecule has 3 nitrogen and oxygen atoms in total. The Kier molecular flexibility index (Phi) is 4.72. The molecule has 1 aliphatic rings. The molecule has 0 aliphatic carbocycles. The van der Waals surface area contributed by atoms with E-state index in [1.807, 2.05) is 30.3 Å². The lowest BCUT2D eigenvalue weighted by Gasteiger charge is -2.30. The molecule has 19 heavy (non-hydrogen) atoms. The van der Waals surface area contributed by atoms with E-state index in [9.17, 15) is 9.59 Å². The van der Waals surface area contributed by atoms with Crippen molar-refractivity contribution in [2.75, 3.05) is 6.54 Å². The molecule has 1 fully saturated rings. The Morgan fingerprint density at radius 3 is 2.26 bits per heavy atom. The van der Waals surface area contributed by atoms with Crippen molar-refractivity contribution in [1.82, 2.24) is 4.90 Å². The van der Waals surface area contributed by atoms with Crippen LogP contribution in [0.3, 0.4) is 0 Å². The average molecular weight is 259 g/mol. The normalized spacial score (nSPS) is 17.0. The molecule has 0 aromatic heterocycles. The first-order chi connectivity index (χ1) is 9.22. The number of nitrogens with zero attached hydrogens (tertiary/aromatic N) is 1. The smallest absolute Gasteiger partial charge is 0.229 e. The van der Waals surface area contributed by atoms with Crippen LogP contribution < -0.4 is 0 Å². The minimum atomic E-state index is -0.0128. The Morgan fingerprint density at radius 1 is 1.05 bits per heavy atom. The Bertz CT molecular complexity index is 423. The Morgan fingerprint density at radius 2 is 1.68 bits per heavy atom. The molecular formula is C16H21NO2. The fourth-order valence-electron chi connectivity index (χ4n) is 2.58. The molecule has 0 radical (unpaired) electrons. The first-order valence-electron chi connectivity index (χ1n) is 7.10. The third-order valence-electron chi connectivity index (χ3n) is 3.70. The summed E-state index contributed by atoms with van der Waals surface area (Å²) in [6.45, 7) is 2.71. The summed E-state index contributed by atoms with van der Waals surface area (Å²) in [6.07, 6.45) is 4.01. The number of unbranched alkanes of at least 4 members (excludes halogenated alkanes) is 2. The summed E-state index contributed by atoms with van der Waals surface area (Å²) < 4.78 is 0. The third kappa shape index (κ3) is 3.43. The molecule has 1 aliphatic heterocycles. The number of carbonyl (C=O) groups excluding carboxylic acids is 2. The first-order valence-corrected chi connectivity index (χ1v) is 7.10. The molecular weight excluding hydrogens is 238 g/mol. The topological polar surface area (TPSA) is 37.4 Å². The molecule has 1 aromatic carbocycles. The predicted octanol–water partition coefficient (Wildman–Crippen LogP) is 3.11. The Balaban J connectivity index is 1.98. The summed E-state index contributed by atoms with van der Waals surface area (Å²) in [5.74, 6) is 0.0334. The first kappa shape index (κ1) is 13.8. The Labute approximate surface area is 114 Å². The van der Waals surface area contributed by atoms with Gasteiger partial charge in [-0.1, -0.05) is 50.1 Å². The van der Waals surface area contributed by atoms with E-state index in [0.29, 0.717) is 19.4 Å². The molecule has 2 amide bonds. The zero-order valence-corrected chi connectivity index (χ0v) is 11.5. The number of imide groups is 1. The van der Waals surface area contributed by atoms with Crippen molar-refractivity contribution >= 4 is 11.8 Å². The van der Waals surface area contributed by atoms with Crippen molar-refractivity contribution in [3.63, 3.8) is 0 Å². The van der Waals surface area contributed by atoms with E-state index in [1.165, 1.54) is 4.90 Å². The number of likely N-dealkylation sites (tertiary alicyclic amines) is 1. The monoisotopic (exact) mass is 259 g/mol. The SMILES string of the molecule is CCCCCN1C(=O)CC(c2ccccc2)CC1=O. The number of benzene rings is 1. The highest BCUT2D eigenvalue weighted by molar-refractivity contribution is 5.98. The number of piperidine rings is 1. The largest absolute Gasteiger partial charge is 0.283 e. The van der Waals surface area contributed by atoms with Gasteiger partial charge in [0.15, 0.2) is 0 Å². The van der Waals surface area contributed by atoms with Gasteiger partial charge in [-0.25, -0.2) is 0 Å². The van der Waals surface area contributed by atoms with Crippen LogP contribution in [0.15, 0.2) is 30.3 Å². The average Bonchev–Trinajstić information content (AvgIpc) is 2.43. The molecule has 3 heteroatoms. The zero-order valence-electron chi connectivity index (χ0n) is 11.5. The number of hydrogen-bond donors (Lipinski definition) is 0. The lowest BCUT2D eigenvalue weighted by Crippen LogP contribution is -2.43. The van der Waals surface area contributed by atoms with Crippen molar-refractivity contribution in [3.05, 3.63) is 35.9 Å². The highest BCUT2D eigenvalue weighted by atomic mass is 16.2. The van der Waals surface area contributed by atoms with Crippen molar-refractivity contribution in [3.8, 4) is 0 Å². The van der Waals surface area contributed by atoms with Gasteiger partial charge in [-0.2, -0.15) is 0 Å². The van der Waals surface area contributed by atoms with Crippen LogP contribution in [-0.2, 0) is 9.59 Å². The van der Waals surface area contributed by atoms with E-state index in [-0.39, 0.29) is 17.7 Å². The lowest BCUT2D eigenvalue weighted by atomic mass is 9.88. The van der Waals surface area contributed by atoms with Crippen LogP contribution in [0.25, 0.3) is 0 Å². The van der Waals surface area contributed by atoms with Gasteiger partial charge in [0.1, 0.15) is 0 Å². The van der Waals surface area contributed by atoms with E-state index in [2.05, 4.69) is 6.92 Å². The van der Waals surface area contributed by atoms with Crippen molar-refractivity contribution in [1.29, 1.82) is 0 Å². The summed E-state index contributed by atoms with van der Waals surface area (Å²) in [7, 11) is 0. The second kappa shape index (κ2) is 6.50. The van der Waals surface area contributed by atoms with Crippen LogP contribution in [-0.4, -0.2) is 23.3 Å². The standard InChI is InChI=1S/C16H21NO2/c1-2-3-7-10-17-15(18)11-14(12-16(17)19)13-8-5-4-6-9-13/h4-6,8-9,14H,2-3,7,10-12H2,1H3. The Hall–Kier alpha value is -1.64. The summed E-state index contributed by atoms with van der Waals surface area (Å²) in [6, 6.07) is 9.86. The van der Waals surface area contributed by atoms with Gasteiger partial charge in [0.2, 0.25) is 11.8 Å². The second-order valence-corrected chi connectivity index (χ2v) is 5.16. The molecule has 0 saturated carbocycles. The lowest BCUT2D eigenvalue weighted by molar-refractivity contribution is -0.148. The van der Waals surface area contributed by atoms with Crippen LogP contribution in [0.2, 0.25) is 0 Å². The maximum absolute atomic E-state index is 12.1. The minimum absolute atomic E-state index is 0.0128. The van der Waals surface area contributed by atoms with Crippen molar-refractivity contribution < 1.29 is 9.59 Å². The van der Waals surface area contributed by atoms with Gasteiger partial charge in [0, 0.05) is 25.3 Å². The molecule has 0 bridgehead atoms. The maximum atomic E-state index is 12.1. The van der Waals surface area contributed by atoms with Crippen LogP contribution in [0, 0.1) is 0 Å². The molecule has 1 saturated heterocycles. The van der Waals surface area contributed by atoms with Crippen LogP contribution in [0.1, 0.15) is 50.5 Å². The predicted molar refractivity (Wildman–Crippen MR) is 74.7 cm³/mol. The molecule has 0 N–H and O–H groups in total. The van der Waals surface area contributed by atoms with Gasteiger partial charge in [0.25, 0.3) is 0 Å². The number of carbonyl (C=O) groups is 2. The summed E-state index contributed by atoms with van der Waals surface area (Å²) in [5, 5.41) is 0. The maximum Gasteiger partial charge on any atom is 0.229 e. The van der Waals surface area contributed by atoms with E-state index in [1.54, 1.807) is 0 Å². The number of rotatable bonds is 5. The van der Waals surface area contributed by atoms with E-state index in [4.69, 9.17) is 0 Å². The quantitative estimate of drug-likeness (QED) is 0.602. The van der Waals surface area contributed by atoms with Crippen molar-refractivity contribution in [2.45, 2.75) is 44.9 Å². The number of amides is 2. The fourth-order valence-corrected chi connectivity index (χ4v) is 2.58. The molecule has 1 aromatic rings. The van der Waals surface area contributed by atoms with Gasteiger partial charge in [-0.05, 0) is 12.0 Å². The minimum Gasteiger partial charge on any atom is -0.283 e. The van der Waals surface area contributed by atoms with Gasteiger partial charge in [-0.15, -0.1) is 0 Å². The molecule has 102 valence electrons. The van der Waals surface area contributed by atoms with E-state index < -0.39 is 0 Å². The van der Waals surface area contributed by atoms with E-state index >= 15 is 0 Å². The second-order valence-electron chi connectivity index (χ2n) is 5.16. The van der Waals surface area contributed by atoms with Crippen molar-refractivity contribution in [2.24, 2.45) is 0 Å². The van der Waals surface area contributed by atoms with Gasteiger partial charge in [-0.3, -0.25) is 14.5 Å². The zero-order chi connectivity index (χ0) is 13.7. The summed E-state index contributed by atoms with van der Waals surface area (Å²) >= 11 is 0. The van der Waals surface area contributed by atoms with Crippen LogP contribution in [0.4, 0.5) is 0 Å². The van der Waals surface area contributed by atoms with Gasteiger partial charge < -0.3 is 0 Å². The molecule has 2 rings (SSSR count). The highest BCUT2D eigenvalue weighted by Gasteiger charge is 2.32. The molecule has 0 spiro atoms. The highest BCUT2D eigenvalue weighted by Crippen LogP contribution is 2.29. The van der Waals surface area contributed by atoms with Gasteiger partial charge in [0.05, 0.1) is 0 Å². The molecule has 1 heterocycles. The molecule has 0 unspecified atom stereocenters. The summed E-state index contributed by atoms with van der Waals surface area (Å²) in [4.78, 5) is 25.6. The fraction of sp³-hybridized carbons (Fsp3) is 0.500. The third-order valence-corrected chi connectivity index (χ3v) is 3.70.